The molecule has 1 spiro atoms. The maximum absolute atomic E-state index is 14.4. The number of aromatic nitrogens is 1. The van der Waals surface area contributed by atoms with E-state index >= 15 is 0 Å². The Morgan fingerprint density at radius 3 is 2.78 bits per heavy atom. The molecular weight excluding hydrogens is 468 g/mol. The molecule has 2 aliphatic carbocycles. The monoisotopic (exact) mass is 506 g/mol. The average molecular weight is 507 g/mol. The number of carbonyl (C=O) groups excluding carboxylic acids is 2. The largest absolute Gasteiger partial charge is 0.390 e. The van der Waals surface area contributed by atoms with Gasteiger partial charge in [-0.05, 0) is 49.7 Å². The van der Waals surface area contributed by atoms with Crippen molar-refractivity contribution in [2.24, 2.45) is 29.1 Å². The summed E-state index contributed by atoms with van der Waals surface area (Å²) in [5.74, 6) is -0.717. The third-order valence-electron chi connectivity index (χ3n) is 10.1. The molecule has 3 heterocycles. The SMILES string of the molecule is CO[C@H]1CC(=O)[C@@]23C(=O)N[C@H](Cc4c[nH]c5ccccc45)[C@@H]2[C@@H](C)[C@]2(C)O[C@@H]2[C@H]3/C=C/C[C@H](C)C[C@H]1O. The van der Waals surface area contributed by atoms with Gasteiger partial charge in [0.2, 0.25) is 5.91 Å². The predicted molar refractivity (Wildman–Crippen MR) is 140 cm³/mol. The van der Waals surface area contributed by atoms with Gasteiger partial charge in [-0.25, -0.2) is 0 Å². The van der Waals surface area contributed by atoms with Crippen molar-refractivity contribution in [1.29, 1.82) is 0 Å². The molecule has 37 heavy (non-hydrogen) atoms. The number of hydrogen-bond donors (Lipinski definition) is 3. The van der Waals surface area contributed by atoms with Crippen molar-refractivity contribution in [3.63, 3.8) is 0 Å². The second kappa shape index (κ2) is 8.79. The maximum Gasteiger partial charge on any atom is 0.235 e. The predicted octanol–water partition coefficient (Wildman–Crippen LogP) is 3.56. The van der Waals surface area contributed by atoms with Crippen LogP contribution in [0.25, 0.3) is 10.9 Å². The number of ether oxygens (including phenoxy) is 2. The Balaban J connectivity index is 1.46. The molecule has 2 aliphatic heterocycles. The maximum atomic E-state index is 14.4. The van der Waals surface area contributed by atoms with E-state index in [0.717, 1.165) is 22.9 Å². The number of methoxy groups -OCH3 is 1. The number of ketones is 1. The number of amides is 1. The molecule has 2 aromatic rings. The van der Waals surface area contributed by atoms with Gasteiger partial charge in [-0.3, -0.25) is 9.59 Å². The van der Waals surface area contributed by atoms with E-state index in [2.05, 4.69) is 49.3 Å². The smallest absolute Gasteiger partial charge is 0.235 e. The number of H-pyrrole nitrogens is 1. The highest BCUT2D eigenvalue weighted by Crippen LogP contribution is 2.66. The lowest BCUT2D eigenvalue weighted by Gasteiger charge is -2.46. The molecule has 1 aromatic heterocycles. The van der Waals surface area contributed by atoms with E-state index in [1.165, 1.54) is 7.11 Å². The summed E-state index contributed by atoms with van der Waals surface area (Å²) in [6.07, 6.45) is 6.54. The first kappa shape index (κ1) is 24.8. The second-order valence-electron chi connectivity index (χ2n) is 12.0. The van der Waals surface area contributed by atoms with Gasteiger partial charge < -0.3 is 24.9 Å². The van der Waals surface area contributed by atoms with Gasteiger partial charge in [-0.2, -0.15) is 0 Å². The average Bonchev–Trinajstić information content (AvgIpc) is 3.28. The fourth-order valence-corrected chi connectivity index (χ4v) is 7.91. The van der Waals surface area contributed by atoms with Crippen LogP contribution < -0.4 is 5.32 Å². The molecule has 3 fully saturated rings. The van der Waals surface area contributed by atoms with Gasteiger partial charge in [0.1, 0.15) is 5.41 Å². The first-order valence-corrected chi connectivity index (χ1v) is 13.7. The zero-order chi connectivity index (χ0) is 26.1. The lowest BCUT2D eigenvalue weighted by molar-refractivity contribution is -0.151. The van der Waals surface area contributed by atoms with E-state index in [1.54, 1.807) is 0 Å². The normalized spacial score (nSPS) is 44.4. The summed E-state index contributed by atoms with van der Waals surface area (Å²) in [5, 5.41) is 15.3. The van der Waals surface area contributed by atoms with Crippen LogP contribution in [-0.2, 0) is 25.5 Å². The van der Waals surface area contributed by atoms with E-state index in [1.807, 2.05) is 24.4 Å². The molecule has 10 atom stereocenters. The highest BCUT2D eigenvalue weighted by molar-refractivity contribution is 6.09. The first-order valence-electron chi connectivity index (χ1n) is 13.7. The van der Waals surface area contributed by atoms with Gasteiger partial charge >= 0.3 is 0 Å². The molecule has 198 valence electrons. The molecule has 0 unspecified atom stereocenters. The number of rotatable bonds is 3. The van der Waals surface area contributed by atoms with Crippen LogP contribution in [0.3, 0.4) is 0 Å². The van der Waals surface area contributed by atoms with Crippen molar-refractivity contribution in [3.05, 3.63) is 48.2 Å². The van der Waals surface area contributed by atoms with Gasteiger partial charge in [0.25, 0.3) is 0 Å². The Bertz CT molecular complexity index is 1250. The number of allylic oxidation sites excluding steroid dienone is 1. The van der Waals surface area contributed by atoms with Crippen molar-refractivity contribution in [1.82, 2.24) is 10.3 Å². The number of epoxide rings is 1. The number of aromatic amines is 1. The molecule has 6 rings (SSSR count). The molecule has 1 amide bonds. The lowest BCUT2D eigenvalue weighted by atomic mass is 9.51. The van der Waals surface area contributed by atoms with Crippen LogP contribution in [0.2, 0.25) is 0 Å². The summed E-state index contributed by atoms with van der Waals surface area (Å²) in [5.41, 5.74) is 0.561. The molecule has 3 N–H and O–H groups in total. The molecule has 2 saturated heterocycles. The van der Waals surface area contributed by atoms with Gasteiger partial charge in [-0.1, -0.05) is 44.2 Å². The number of aliphatic hydroxyl groups excluding tert-OH is 1. The highest BCUT2D eigenvalue weighted by atomic mass is 16.6. The summed E-state index contributed by atoms with van der Waals surface area (Å²) >= 11 is 0. The van der Waals surface area contributed by atoms with Crippen LogP contribution in [0, 0.1) is 29.1 Å². The fraction of sp³-hybridized carbons (Fsp3) is 0.600. The van der Waals surface area contributed by atoms with E-state index in [0.29, 0.717) is 12.8 Å². The summed E-state index contributed by atoms with van der Waals surface area (Å²) in [6.45, 7) is 6.36. The van der Waals surface area contributed by atoms with Gasteiger partial charge in [0, 0.05) is 48.5 Å². The standard InChI is InChI=1S/C30H38N2O5/c1-16-8-7-10-20-27-29(3,37-27)17(2)26-22(13-18-15-31-21-11-6-5-9-19(18)21)32-28(35)30(20,26)25(34)14-24(36-4)23(33)12-16/h5-7,9-11,15-17,20,22-24,26-27,31,33H,8,12-14H2,1-4H3,(H,32,35)/b10-7+/t16-,17+,20+,22+,23+,24-,26-,27+,29-,30+/m0/s1. The Morgan fingerprint density at radius 1 is 1.22 bits per heavy atom. The Hall–Kier alpha value is -2.48. The third kappa shape index (κ3) is 3.57. The third-order valence-corrected chi connectivity index (χ3v) is 10.1. The van der Waals surface area contributed by atoms with Crippen LogP contribution in [0.15, 0.2) is 42.6 Å². The number of benzene rings is 1. The number of nitrogens with one attached hydrogen (secondary N) is 2. The van der Waals surface area contributed by atoms with Crippen molar-refractivity contribution in [2.45, 2.75) is 76.4 Å². The van der Waals surface area contributed by atoms with Crippen molar-refractivity contribution < 1.29 is 24.2 Å². The molecular formula is C30H38N2O5. The summed E-state index contributed by atoms with van der Waals surface area (Å²) in [4.78, 5) is 31.9. The molecule has 1 aromatic carbocycles. The number of Topliss-reactive ketones (excluding diaryl/α,β-unsaturated/α-hetero) is 1. The summed E-state index contributed by atoms with van der Waals surface area (Å²) in [6, 6.07) is 7.95. The lowest BCUT2D eigenvalue weighted by Crippen LogP contribution is -2.59. The Labute approximate surface area is 218 Å². The van der Waals surface area contributed by atoms with E-state index in [-0.39, 0.29) is 59.5 Å². The second-order valence-corrected chi connectivity index (χ2v) is 12.0. The van der Waals surface area contributed by atoms with Crippen molar-refractivity contribution >= 4 is 22.6 Å². The topological polar surface area (TPSA) is 104 Å². The quantitative estimate of drug-likeness (QED) is 0.336. The van der Waals surface area contributed by atoms with Crippen molar-refractivity contribution in [2.75, 3.05) is 7.11 Å². The van der Waals surface area contributed by atoms with E-state index < -0.39 is 17.6 Å². The van der Waals surface area contributed by atoms with Crippen molar-refractivity contribution in [3.8, 4) is 0 Å². The van der Waals surface area contributed by atoms with E-state index in [9.17, 15) is 14.7 Å². The van der Waals surface area contributed by atoms with Crippen LogP contribution in [0.4, 0.5) is 0 Å². The number of hydrogen-bond acceptors (Lipinski definition) is 5. The molecule has 0 bridgehead atoms. The van der Waals surface area contributed by atoms with Gasteiger partial charge in [-0.15, -0.1) is 0 Å². The zero-order valence-corrected chi connectivity index (χ0v) is 22.1. The fourth-order valence-electron chi connectivity index (χ4n) is 7.91. The van der Waals surface area contributed by atoms with Crippen LogP contribution >= 0.6 is 0 Å². The molecule has 4 aliphatic rings. The minimum absolute atomic E-state index is 0.00442. The Morgan fingerprint density at radius 2 is 2.00 bits per heavy atom. The molecule has 7 nitrogen and oxygen atoms in total. The van der Waals surface area contributed by atoms with Gasteiger partial charge in [0.05, 0.1) is 23.9 Å². The van der Waals surface area contributed by atoms with E-state index in [4.69, 9.17) is 9.47 Å². The number of aliphatic hydroxyl groups is 1. The zero-order valence-electron chi connectivity index (χ0n) is 22.1. The summed E-state index contributed by atoms with van der Waals surface area (Å²) < 4.78 is 12.0. The Kier molecular flexibility index (Phi) is 5.90. The van der Waals surface area contributed by atoms with Crippen LogP contribution in [-0.4, -0.2) is 58.8 Å². The summed E-state index contributed by atoms with van der Waals surface area (Å²) in [7, 11) is 1.54. The number of para-hydroxylation sites is 1. The highest BCUT2D eigenvalue weighted by Gasteiger charge is 2.78. The van der Waals surface area contributed by atoms with Crippen LogP contribution in [0.1, 0.15) is 45.6 Å². The minimum Gasteiger partial charge on any atom is -0.390 e. The number of fused-ring (bicyclic) bond motifs is 3. The number of carbonyl (C=O) groups is 2. The van der Waals surface area contributed by atoms with Gasteiger partial charge in [0.15, 0.2) is 5.78 Å². The van der Waals surface area contributed by atoms with Crippen LogP contribution in [0.5, 0.6) is 0 Å². The minimum atomic E-state index is -1.25. The molecule has 1 saturated carbocycles. The molecule has 7 heteroatoms. The molecule has 0 radical (unpaired) electrons. The first-order chi connectivity index (χ1) is 17.7.